The minimum Gasteiger partial charge on any atom is -0.489 e. The fourth-order valence-corrected chi connectivity index (χ4v) is 2.74. The zero-order chi connectivity index (χ0) is 19.3. The number of esters is 1. The molecule has 4 nitrogen and oxygen atoms in total. The molecule has 138 valence electrons. The van der Waals surface area contributed by atoms with Crippen LogP contribution in [0.3, 0.4) is 0 Å². The first-order chi connectivity index (χ1) is 13.7. The normalized spacial score (nSPS) is 14.7. The van der Waals surface area contributed by atoms with E-state index in [0.29, 0.717) is 11.3 Å². The molecule has 0 atom stereocenters. The summed E-state index contributed by atoms with van der Waals surface area (Å²) in [5, 5.41) is 0. The summed E-state index contributed by atoms with van der Waals surface area (Å²) in [6.45, 7) is 0.116. The molecule has 0 fully saturated rings. The Kier molecular flexibility index (Phi) is 4.97. The molecular weight excluding hydrogens is 357 g/mol. The Morgan fingerprint density at radius 2 is 1.75 bits per heavy atom. The number of hydrogen-bond acceptors (Lipinski definition) is 4. The van der Waals surface area contributed by atoms with Crippen LogP contribution in [-0.4, -0.2) is 11.9 Å². The highest BCUT2D eigenvalue weighted by atomic mass is 19.1. The molecule has 1 aliphatic rings. The Balaban J connectivity index is 1.52. The smallest absolute Gasteiger partial charge is 0.363 e. The van der Waals surface area contributed by atoms with Crippen LogP contribution in [0.4, 0.5) is 4.39 Å². The molecule has 1 heterocycles. The van der Waals surface area contributed by atoms with E-state index >= 15 is 0 Å². The van der Waals surface area contributed by atoms with Crippen molar-refractivity contribution in [3.63, 3.8) is 0 Å². The van der Waals surface area contributed by atoms with Gasteiger partial charge in [0.05, 0.1) is 0 Å². The maximum atomic E-state index is 13.7. The Morgan fingerprint density at radius 1 is 0.964 bits per heavy atom. The Morgan fingerprint density at radius 3 is 2.57 bits per heavy atom. The topological polar surface area (TPSA) is 47.9 Å². The van der Waals surface area contributed by atoms with E-state index in [4.69, 9.17) is 9.47 Å². The second-order valence-electron chi connectivity index (χ2n) is 6.15. The van der Waals surface area contributed by atoms with Gasteiger partial charge in [0.2, 0.25) is 5.90 Å². The van der Waals surface area contributed by atoms with E-state index in [1.54, 1.807) is 42.5 Å². The van der Waals surface area contributed by atoms with E-state index in [-0.39, 0.29) is 24.0 Å². The molecule has 0 bridgehead atoms. The van der Waals surface area contributed by atoms with Crippen LogP contribution in [0.15, 0.2) is 89.6 Å². The lowest BCUT2D eigenvalue weighted by molar-refractivity contribution is -0.129. The Bertz CT molecular complexity index is 1070. The number of ether oxygens (including phenoxy) is 2. The molecule has 0 aliphatic carbocycles. The number of hydrogen-bond donors (Lipinski definition) is 0. The third-order valence-corrected chi connectivity index (χ3v) is 4.15. The van der Waals surface area contributed by atoms with Crippen molar-refractivity contribution in [2.45, 2.75) is 6.61 Å². The third-order valence-electron chi connectivity index (χ3n) is 4.15. The van der Waals surface area contributed by atoms with Crippen molar-refractivity contribution in [2.75, 3.05) is 0 Å². The van der Waals surface area contributed by atoms with Crippen molar-refractivity contribution in [3.8, 4) is 5.75 Å². The first kappa shape index (κ1) is 17.7. The molecule has 1 aliphatic heterocycles. The summed E-state index contributed by atoms with van der Waals surface area (Å²) in [4.78, 5) is 16.4. The lowest BCUT2D eigenvalue weighted by atomic mass is 10.2. The van der Waals surface area contributed by atoms with E-state index in [1.807, 2.05) is 36.4 Å². The number of cyclic esters (lactones) is 1. The second-order valence-corrected chi connectivity index (χ2v) is 6.15. The van der Waals surface area contributed by atoms with Gasteiger partial charge in [0.25, 0.3) is 0 Å². The number of nitrogens with zero attached hydrogens (tertiary/aromatic N) is 1. The molecule has 0 unspecified atom stereocenters. The van der Waals surface area contributed by atoms with Gasteiger partial charge < -0.3 is 9.47 Å². The van der Waals surface area contributed by atoms with E-state index in [2.05, 4.69) is 4.99 Å². The summed E-state index contributed by atoms with van der Waals surface area (Å²) >= 11 is 0. The van der Waals surface area contributed by atoms with Crippen LogP contribution in [0.25, 0.3) is 6.08 Å². The fourth-order valence-electron chi connectivity index (χ4n) is 2.74. The van der Waals surface area contributed by atoms with Crippen LogP contribution in [0.5, 0.6) is 5.75 Å². The number of rotatable bonds is 5. The molecule has 28 heavy (non-hydrogen) atoms. The molecule has 3 aromatic carbocycles. The van der Waals surface area contributed by atoms with Crippen LogP contribution in [0.1, 0.15) is 16.7 Å². The zero-order valence-electron chi connectivity index (χ0n) is 14.8. The van der Waals surface area contributed by atoms with Crippen molar-refractivity contribution in [1.82, 2.24) is 0 Å². The minimum atomic E-state index is -0.503. The highest BCUT2D eigenvalue weighted by Gasteiger charge is 2.23. The van der Waals surface area contributed by atoms with E-state index in [0.717, 1.165) is 11.1 Å². The molecule has 0 aromatic heterocycles. The summed E-state index contributed by atoms with van der Waals surface area (Å²) in [5.74, 6) is 0.0359. The van der Waals surface area contributed by atoms with Crippen molar-refractivity contribution in [3.05, 3.63) is 107 Å². The van der Waals surface area contributed by atoms with Gasteiger partial charge in [-0.05, 0) is 42.0 Å². The molecule has 5 heteroatoms. The molecule has 4 rings (SSSR count). The average molecular weight is 373 g/mol. The largest absolute Gasteiger partial charge is 0.489 e. The maximum absolute atomic E-state index is 13.7. The summed E-state index contributed by atoms with van der Waals surface area (Å²) in [6, 6.07) is 22.9. The second kappa shape index (κ2) is 7.88. The number of aliphatic imine (C=N–C) groups is 1. The highest BCUT2D eigenvalue weighted by Crippen LogP contribution is 2.22. The van der Waals surface area contributed by atoms with Crippen molar-refractivity contribution in [1.29, 1.82) is 0 Å². The number of carbonyl (C=O) groups is 1. The van der Waals surface area contributed by atoms with Crippen LogP contribution >= 0.6 is 0 Å². The van der Waals surface area contributed by atoms with Crippen LogP contribution in [-0.2, 0) is 16.1 Å². The summed E-state index contributed by atoms with van der Waals surface area (Å²) < 4.78 is 24.6. The molecular formula is C23H16FNO3. The summed E-state index contributed by atoms with van der Waals surface area (Å²) in [5.41, 5.74) is 2.16. The monoisotopic (exact) mass is 373 g/mol. The van der Waals surface area contributed by atoms with Gasteiger partial charge in [-0.3, -0.25) is 0 Å². The summed E-state index contributed by atoms with van der Waals surface area (Å²) in [6.07, 6.45) is 1.63. The van der Waals surface area contributed by atoms with E-state index < -0.39 is 5.97 Å². The molecule has 0 radical (unpaired) electrons. The van der Waals surface area contributed by atoms with Gasteiger partial charge in [-0.1, -0.05) is 48.5 Å². The van der Waals surface area contributed by atoms with E-state index in [1.165, 1.54) is 6.07 Å². The van der Waals surface area contributed by atoms with Crippen molar-refractivity contribution >= 4 is 17.9 Å². The van der Waals surface area contributed by atoms with Crippen LogP contribution in [0, 0.1) is 5.82 Å². The van der Waals surface area contributed by atoms with Gasteiger partial charge >= 0.3 is 5.97 Å². The average Bonchev–Trinajstić information content (AvgIpc) is 3.09. The Hall–Kier alpha value is -3.73. The lowest BCUT2D eigenvalue weighted by Crippen LogP contribution is -2.04. The highest BCUT2D eigenvalue weighted by molar-refractivity contribution is 6.12. The summed E-state index contributed by atoms with van der Waals surface area (Å²) in [7, 11) is 0. The Labute approximate surface area is 161 Å². The standard InChI is InChI=1S/C23H16FNO3/c24-20-12-5-4-10-18(20)15-27-19-11-6-7-16(13-19)14-21-23(26)28-22(25-21)17-8-2-1-3-9-17/h1-14H,15H2. The molecule has 0 saturated heterocycles. The van der Waals surface area contributed by atoms with Gasteiger partial charge in [-0.2, -0.15) is 0 Å². The fraction of sp³-hybridized carbons (Fsp3) is 0.0435. The maximum Gasteiger partial charge on any atom is 0.363 e. The lowest BCUT2D eigenvalue weighted by Gasteiger charge is -2.07. The predicted molar refractivity (Wildman–Crippen MR) is 104 cm³/mol. The molecule has 3 aromatic rings. The number of benzene rings is 3. The quantitative estimate of drug-likeness (QED) is 0.479. The van der Waals surface area contributed by atoms with Gasteiger partial charge in [0.1, 0.15) is 18.2 Å². The van der Waals surface area contributed by atoms with E-state index in [9.17, 15) is 9.18 Å². The zero-order valence-corrected chi connectivity index (χ0v) is 14.8. The van der Waals surface area contributed by atoms with Gasteiger partial charge in [0, 0.05) is 11.1 Å². The first-order valence-electron chi connectivity index (χ1n) is 8.73. The van der Waals surface area contributed by atoms with Gasteiger partial charge in [-0.25, -0.2) is 14.2 Å². The molecule has 0 N–H and O–H groups in total. The van der Waals surface area contributed by atoms with Crippen molar-refractivity contribution in [2.24, 2.45) is 4.99 Å². The van der Waals surface area contributed by atoms with Crippen LogP contribution < -0.4 is 4.74 Å². The van der Waals surface area contributed by atoms with Crippen LogP contribution in [0.2, 0.25) is 0 Å². The predicted octanol–water partition coefficient (Wildman–Crippen LogP) is 4.75. The molecule has 0 amide bonds. The SMILES string of the molecule is O=C1OC(c2ccccc2)=NC1=Cc1cccc(OCc2ccccc2F)c1. The first-order valence-corrected chi connectivity index (χ1v) is 8.73. The van der Waals surface area contributed by atoms with Gasteiger partial charge in [0.15, 0.2) is 5.70 Å². The minimum absolute atomic E-state index is 0.116. The molecule has 0 spiro atoms. The van der Waals surface area contributed by atoms with Gasteiger partial charge in [-0.15, -0.1) is 0 Å². The van der Waals surface area contributed by atoms with Crippen molar-refractivity contribution < 1.29 is 18.7 Å². The molecule has 0 saturated carbocycles. The third kappa shape index (κ3) is 3.99. The number of carbonyl (C=O) groups excluding carboxylic acids is 1. The number of halogens is 1.